The molecular weight excluding hydrogens is 466 g/mol. The molecule has 0 aliphatic carbocycles. The third kappa shape index (κ3) is 7.57. The Morgan fingerprint density at radius 3 is 2.00 bits per heavy atom. The Balaban J connectivity index is 2.57. The second-order valence-corrected chi connectivity index (χ2v) is 10.8. The van der Waals surface area contributed by atoms with E-state index in [1.807, 2.05) is 77.9 Å². The molecule has 0 aliphatic rings. The zero-order valence-electron chi connectivity index (χ0n) is 24.0. The number of benzene rings is 2. The maximum Gasteiger partial charge on any atom is 0.408 e. The molecule has 3 atom stereocenters. The van der Waals surface area contributed by atoms with Crippen LogP contribution in [-0.2, 0) is 14.3 Å². The number of hydrogen-bond donors (Lipinski definition) is 2. The van der Waals surface area contributed by atoms with Crippen LogP contribution in [0.5, 0.6) is 0 Å². The standard InChI is InChI=1S/C30H43N3O4/c1-11-21(5)33(28(35)23(7)31-29(36)37-30(8,9)10)26(24-17-13-14-18(2)22(24)6)27(34)32-25-19(3)15-12-16-20(25)4/h12-17,21,23,26H,11H2,1-10H3,(H,31,36)(H,32,34). The number of nitrogens with one attached hydrogen (secondary N) is 2. The van der Waals surface area contributed by atoms with Gasteiger partial charge in [0.1, 0.15) is 17.7 Å². The summed E-state index contributed by atoms with van der Waals surface area (Å²) in [6.45, 7) is 18.6. The van der Waals surface area contributed by atoms with Gasteiger partial charge in [-0.25, -0.2) is 4.79 Å². The van der Waals surface area contributed by atoms with E-state index in [1.54, 1.807) is 32.6 Å². The highest BCUT2D eigenvalue weighted by atomic mass is 16.6. The minimum atomic E-state index is -0.899. The summed E-state index contributed by atoms with van der Waals surface area (Å²) in [6.07, 6.45) is -0.0520. The van der Waals surface area contributed by atoms with E-state index in [2.05, 4.69) is 10.6 Å². The highest BCUT2D eigenvalue weighted by Gasteiger charge is 2.38. The smallest absolute Gasteiger partial charge is 0.408 e. The van der Waals surface area contributed by atoms with Gasteiger partial charge in [-0.15, -0.1) is 0 Å². The van der Waals surface area contributed by atoms with Crippen LogP contribution >= 0.6 is 0 Å². The van der Waals surface area contributed by atoms with E-state index in [1.165, 1.54) is 0 Å². The van der Waals surface area contributed by atoms with Crippen molar-refractivity contribution < 1.29 is 19.1 Å². The van der Waals surface area contributed by atoms with E-state index in [0.717, 1.165) is 33.5 Å². The average molecular weight is 510 g/mol. The lowest BCUT2D eigenvalue weighted by Gasteiger charge is -2.38. The Kier molecular flexibility index (Phi) is 9.90. The molecule has 0 spiro atoms. The van der Waals surface area contributed by atoms with Crippen molar-refractivity contribution in [2.24, 2.45) is 0 Å². The Bertz CT molecular complexity index is 1120. The molecule has 37 heavy (non-hydrogen) atoms. The third-order valence-corrected chi connectivity index (χ3v) is 6.62. The summed E-state index contributed by atoms with van der Waals surface area (Å²) in [6, 6.07) is 9.55. The number of nitrogens with zero attached hydrogens (tertiary/aromatic N) is 1. The van der Waals surface area contributed by atoms with Gasteiger partial charge in [-0.2, -0.15) is 0 Å². The number of carbonyl (C=O) groups is 3. The first-order valence-corrected chi connectivity index (χ1v) is 12.9. The van der Waals surface area contributed by atoms with Gasteiger partial charge in [-0.1, -0.05) is 43.3 Å². The summed E-state index contributed by atoms with van der Waals surface area (Å²) in [7, 11) is 0. The molecule has 0 fully saturated rings. The number of para-hydroxylation sites is 1. The van der Waals surface area contributed by atoms with E-state index < -0.39 is 23.8 Å². The number of aryl methyl sites for hydroxylation is 3. The van der Waals surface area contributed by atoms with Gasteiger partial charge in [0.05, 0.1) is 0 Å². The number of carbonyl (C=O) groups excluding carboxylic acids is 3. The van der Waals surface area contributed by atoms with Gasteiger partial charge in [0.15, 0.2) is 0 Å². The Morgan fingerprint density at radius 1 is 0.919 bits per heavy atom. The Morgan fingerprint density at radius 2 is 1.46 bits per heavy atom. The molecular formula is C30H43N3O4. The minimum Gasteiger partial charge on any atom is -0.444 e. The maximum atomic E-state index is 14.1. The molecule has 0 aliphatic heterocycles. The van der Waals surface area contributed by atoms with E-state index in [9.17, 15) is 14.4 Å². The fourth-order valence-corrected chi connectivity index (χ4v) is 4.26. The van der Waals surface area contributed by atoms with Crippen LogP contribution in [0.15, 0.2) is 36.4 Å². The van der Waals surface area contributed by atoms with Crippen molar-refractivity contribution in [2.75, 3.05) is 5.32 Å². The summed E-state index contributed by atoms with van der Waals surface area (Å²) in [5, 5.41) is 5.75. The lowest BCUT2D eigenvalue weighted by molar-refractivity contribution is -0.143. The summed E-state index contributed by atoms with van der Waals surface area (Å²) >= 11 is 0. The second-order valence-electron chi connectivity index (χ2n) is 10.8. The molecule has 0 heterocycles. The van der Waals surface area contributed by atoms with E-state index in [-0.39, 0.29) is 17.9 Å². The molecule has 0 bridgehead atoms. The zero-order valence-corrected chi connectivity index (χ0v) is 24.0. The predicted molar refractivity (Wildman–Crippen MR) is 149 cm³/mol. The predicted octanol–water partition coefficient (Wildman–Crippen LogP) is 6.14. The van der Waals surface area contributed by atoms with Crippen LogP contribution in [0.25, 0.3) is 0 Å². The minimum absolute atomic E-state index is 0.274. The van der Waals surface area contributed by atoms with Crippen LogP contribution in [0, 0.1) is 27.7 Å². The third-order valence-electron chi connectivity index (χ3n) is 6.62. The molecule has 2 rings (SSSR count). The molecule has 2 aromatic rings. The van der Waals surface area contributed by atoms with Gasteiger partial charge >= 0.3 is 6.09 Å². The average Bonchev–Trinajstić information content (AvgIpc) is 2.79. The highest BCUT2D eigenvalue weighted by Crippen LogP contribution is 2.31. The maximum absolute atomic E-state index is 14.1. The van der Waals surface area contributed by atoms with Crippen molar-refractivity contribution in [1.82, 2.24) is 10.2 Å². The van der Waals surface area contributed by atoms with Crippen molar-refractivity contribution in [3.05, 3.63) is 64.2 Å². The van der Waals surface area contributed by atoms with Gasteiger partial charge in [0, 0.05) is 11.7 Å². The first-order chi connectivity index (χ1) is 17.2. The lowest BCUT2D eigenvalue weighted by Crippen LogP contribution is -2.54. The fourth-order valence-electron chi connectivity index (χ4n) is 4.26. The van der Waals surface area contributed by atoms with E-state index in [4.69, 9.17) is 4.74 Å². The van der Waals surface area contributed by atoms with E-state index in [0.29, 0.717) is 6.42 Å². The highest BCUT2D eigenvalue weighted by molar-refractivity contribution is 6.00. The topological polar surface area (TPSA) is 87.7 Å². The molecule has 2 aromatic carbocycles. The number of hydrogen-bond acceptors (Lipinski definition) is 4. The summed E-state index contributed by atoms with van der Waals surface area (Å²) < 4.78 is 5.36. The molecule has 0 radical (unpaired) electrons. The molecule has 7 heteroatoms. The van der Waals surface area contributed by atoms with Crippen molar-refractivity contribution in [1.29, 1.82) is 0 Å². The largest absolute Gasteiger partial charge is 0.444 e. The van der Waals surface area contributed by atoms with Gasteiger partial charge in [-0.05, 0) is 96.6 Å². The lowest BCUT2D eigenvalue weighted by atomic mass is 9.93. The number of anilines is 1. The van der Waals surface area contributed by atoms with Gasteiger partial charge in [0.25, 0.3) is 5.91 Å². The quantitative estimate of drug-likeness (QED) is 0.447. The molecule has 0 aromatic heterocycles. The summed E-state index contributed by atoms with van der Waals surface area (Å²) in [5.41, 5.74) is 4.64. The molecule has 3 unspecified atom stereocenters. The number of ether oxygens (including phenoxy) is 1. The monoisotopic (exact) mass is 509 g/mol. The van der Waals surface area contributed by atoms with Crippen LogP contribution in [0.3, 0.4) is 0 Å². The van der Waals surface area contributed by atoms with Crippen LogP contribution < -0.4 is 10.6 Å². The normalized spacial score (nSPS) is 13.8. The van der Waals surface area contributed by atoms with Crippen molar-refractivity contribution in [2.45, 2.75) is 99.4 Å². The summed E-state index contributed by atoms with van der Waals surface area (Å²) in [5.74, 6) is -0.660. The van der Waals surface area contributed by atoms with Crippen molar-refractivity contribution in [3.63, 3.8) is 0 Å². The molecule has 2 N–H and O–H groups in total. The van der Waals surface area contributed by atoms with Crippen LogP contribution in [0.1, 0.15) is 81.8 Å². The number of amides is 3. The van der Waals surface area contributed by atoms with Gasteiger partial charge in [0.2, 0.25) is 5.91 Å². The molecule has 3 amide bonds. The van der Waals surface area contributed by atoms with Crippen LogP contribution in [0.4, 0.5) is 10.5 Å². The van der Waals surface area contributed by atoms with Gasteiger partial charge in [-0.3, -0.25) is 9.59 Å². The van der Waals surface area contributed by atoms with Crippen molar-refractivity contribution >= 4 is 23.6 Å². The molecule has 202 valence electrons. The first-order valence-electron chi connectivity index (χ1n) is 12.9. The Hall–Kier alpha value is -3.35. The fraction of sp³-hybridized carbons (Fsp3) is 0.500. The SMILES string of the molecule is CCC(C)N(C(=O)C(C)NC(=O)OC(C)(C)C)C(C(=O)Nc1c(C)cccc1C)c1cccc(C)c1C. The first kappa shape index (κ1) is 29.9. The molecule has 0 saturated carbocycles. The molecule has 0 saturated heterocycles. The zero-order chi connectivity index (χ0) is 28.1. The van der Waals surface area contributed by atoms with Crippen molar-refractivity contribution in [3.8, 4) is 0 Å². The number of rotatable bonds is 8. The van der Waals surface area contributed by atoms with Gasteiger partial charge < -0.3 is 20.3 Å². The van der Waals surface area contributed by atoms with Crippen LogP contribution in [-0.4, -0.2) is 40.5 Å². The van der Waals surface area contributed by atoms with E-state index >= 15 is 0 Å². The second kappa shape index (κ2) is 12.3. The summed E-state index contributed by atoms with van der Waals surface area (Å²) in [4.78, 5) is 42.0. The molecule has 7 nitrogen and oxygen atoms in total. The van der Waals surface area contributed by atoms with Crippen LogP contribution in [0.2, 0.25) is 0 Å². The Labute approximate surface area is 222 Å². The number of alkyl carbamates (subject to hydrolysis) is 1.